The number of amides is 2. The number of unbranched alkanes of at least 4 members (excludes halogenated alkanes) is 1. The topological polar surface area (TPSA) is 71.5 Å². The van der Waals surface area contributed by atoms with E-state index in [-0.39, 0.29) is 18.4 Å². The van der Waals surface area contributed by atoms with Gasteiger partial charge in [-0.15, -0.1) is 11.3 Å². The normalized spacial score (nSPS) is 13.7. The van der Waals surface area contributed by atoms with Gasteiger partial charge in [-0.3, -0.25) is 4.79 Å². The molecule has 0 aliphatic carbocycles. The molecule has 0 radical (unpaired) electrons. The number of anilines is 1. The van der Waals surface area contributed by atoms with Crippen molar-refractivity contribution in [2.75, 3.05) is 25.0 Å². The summed E-state index contributed by atoms with van der Waals surface area (Å²) in [6.45, 7) is 3.49. The molecule has 1 N–H and O–H groups in total. The van der Waals surface area contributed by atoms with Crippen molar-refractivity contribution in [3.05, 3.63) is 35.2 Å². The average Bonchev–Trinajstić information content (AvgIpc) is 3.27. The molecule has 2 amide bonds. The first-order chi connectivity index (χ1) is 12.7. The van der Waals surface area contributed by atoms with Crippen molar-refractivity contribution >= 4 is 28.5 Å². The fourth-order valence-corrected chi connectivity index (χ4v) is 3.47. The molecule has 0 saturated carbocycles. The van der Waals surface area contributed by atoms with Gasteiger partial charge in [0.05, 0.1) is 12.2 Å². The van der Waals surface area contributed by atoms with Gasteiger partial charge in [-0.2, -0.15) is 0 Å². The van der Waals surface area contributed by atoms with Crippen molar-refractivity contribution in [1.29, 1.82) is 0 Å². The lowest BCUT2D eigenvalue weighted by molar-refractivity contribution is -0.116. The average molecular weight is 373 g/mol. The quantitative estimate of drug-likeness (QED) is 0.761. The third-order valence-electron chi connectivity index (χ3n) is 4.27. The summed E-state index contributed by atoms with van der Waals surface area (Å²) in [4.78, 5) is 29.4. The number of benzene rings is 1. The minimum Gasteiger partial charge on any atom is -0.448 e. The van der Waals surface area contributed by atoms with Gasteiger partial charge in [-0.05, 0) is 18.4 Å². The monoisotopic (exact) mass is 373 g/mol. The van der Waals surface area contributed by atoms with Crippen LogP contribution in [0.15, 0.2) is 29.6 Å². The van der Waals surface area contributed by atoms with Gasteiger partial charge in [-0.1, -0.05) is 37.6 Å². The number of thiazole rings is 1. The Morgan fingerprint density at radius 3 is 2.85 bits per heavy atom. The van der Waals surface area contributed by atoms with Crippen molar-refractivity contribution in [2.45, 2.75) is 32.6 Å². The lowest BCUT2D eigenvalue weighted by Gasteiger charge is -2.11. The molecule has 0 unspecified atom stereocenters. The number of hydrogen-bond acceptors (Lipinski definition) is 5. The van der Waals surface area contributed by atoms with Crippen LogP contribution in [0.3, 0.4) is 0 Å². The maximum Gasteiger partial charge on any atom is 0.409 e. The first-order valence-electron chi connectivity index (χ1n) is 8.92. The number of ether oxygens (including phenoxy) is 1. The first-order valence-corrected chi connectivity index (χ1v) is 9.80. The third-order valence-corrected chi connectivity index (χ3v) is 5.03. The van der Waals surface area contributed by atoms with Crippen LogP contribution in [0.25, 0.3) is 11.3 Å². The van der Waals surface area contributed by atoms with Crippen molar-refractivity contribution in [2.24, 2.45) is 0 Å². The van der Waals surface area contributed by atoms with Crippen LogP contribution in [0, 0.1) is 0 Å². The lowest BCUT2D eigenvalue weighted by Crippen LogP contribution is -2.28. The molecule has 2 heterocycles. The van der Waals surface area contributed by atoms with E-state index in [4.69, 9.17) is 4.74 Å². The predicted octanol–water partition coefficient (Wildman–Crippen LogP) is 3.93. The maximum atomic E-state index is 12.0. The van der Waals surface area contributed by atoms with Gasteiger partial charge in [0.1, 0.15) is 6.61 Å². The van der Waals surface area contributed by atoms with Crippen LogP contribution in [0.5, 0.6) is 0 Å². The smallest absolute Gasteiger partial charge is 0.409 e. The summed E-state index contributed by atoms with van der Waals surface area (Å²) >= 11 is 1.40. The molecule has 1 aromatic carbocycles. The van der Waals surface area contributed by atoms with E-state index in [0.717, 1.165) is 17.7 Å². The van der Waals surface area contributed by atoms with Crippen LogP contribution in [-0.2, 0) is 16.0 Å². The molecule has 0 bridgehead atoms. The van der Waals surface area contributed by atoms with Crippen LogP contribution >= 0.6 is 11.3 Å². The second-order valence-electron chi connectivity index (χ2n) is 6.24. The van der Waals surface area contributed by atoms with Gasteiger partial charge >= 0.3 is 6.09 Å². The van der Waals surface area contributed by atoms with Gasteiger partial charge in [0, 0.05) is 23.9 Å². The number of carbonyl (C=O) groups excluding carboxylic acids is 2. The zero-order valence-electron chi connectivity index (χ0n) is 14.9. The second-order valence-corrected chi connectivity index (χ2v) is 7.10. The molecule has 1 aromatic heterocycles. The third kappa shape index (κ3) is 4.82. The number of nitrogens with zero attached hydrogens (tertiary/aromatic N) is 2. The lowest BCUT2D eigenvalue weighted by atomic mass is 10.1. The molecule has 2 aromatic rings. The highest BCUT2D eigenvalue weighted by Crippen LogP contribution is 2.25. The molecule has 0 spiro atoms. The fourth-order valence-electron chi connectivity index (χ4n) is 2.73. The molecule has 7 heteroatoms. The number of aryl methyl sites for hydroxylation is 1. The molecule has 0 atom stereocenters. The highest BCUT2D eigenvalue weighted by Gasteiger charge is 2.22. The Balaban J connectivity index is 1.52. The van der Waals surface area contributed by atoms with E-state index in [1.807, 2.05) is 5.38 Å². The molecule has 1 aliphatic rings. The maximum absolute atomic E-state index is 12.0. The molecule has 26 heavy (non-hydrogen) atoms. The highest BCUT2D eigenvalue weighted by molar-refractivity contribution is 7.14. The number of aromatic nitrogens is 1. The Morgan fingerprint density at radius 2 is 2.15 bits per heavy atom. The van der Waals surface area contributed by atoms with Crippen LogP contribution in [-0.4, -0.2) is 41.6 Å². The zero-order chi connectivity index (χ0) is 18.4. The van der Waals surface area contributed by atoms with E-state index in [0.29, 0.717) is 24.8 Å². The standard InChI is InChI=1S/C19H23N3O3S/c1-2-3-4-14-5-7-15(8-6-14)16-13-26-18(20-16)21-17(23)9-10-22-11-12-25-19(22)24/h5-8,13H,2-4,9-12H2,1H3,(H,20,21,23). The van der Waals surface area contributed by atoms with E-state index >= 15 is 0 Å². The molecule has 138 valence electrons. The van der Waals surface area contributed by atoms with E-state index in [1.54, 1.807) is 0 Å². The Morgan fingerprint density at radius 1 is 1.35 bits per heavy atom. The predicted molar refractivity (Wildman–Crippen MR) is 102 cm³/mol. The number of nitrogens with one attached hydrogen (secondary N) is 1. The fraction of sp³-hybridized carbons (Fsp3) is 0.421. The van der Waals surface area contributed by atoms with Gasteiger partial charge in [-0.25, -0.2) is 9.78 Å². The number of carbonyl (C=O) groups is 2. The molecule has 3 rings (SSSR count). The van der Waals surface area contributed by atoms with Crippen molar-refractivity contribution in [3.63, 3.8) is 0 Å². The van der Waals surface area contributed by atoms with Gasteiger partial charge in [0.2, 0.25) is 5.91 Å². The SMILES string of the molecule is CCCCc1ccc(-c2csc(NC(=O)CCN3CCOC3=O)n2)cc1. The Bertz CT molecular complexity index is 758. The summed E-state index contributed by atoms with van der Waals surface area (Å²) in [7, 11) is 0. The van der Waals surface area contributed by atoms with E-state index in [9.17, 15) is 9.59 Å². The zero-order valence-corrected chi connectivity index (χ0v) is 15.7. The molecule has 1 fully saturated rings. The van der Waals surface area contributed by atoms with E-state index in [2.05, 4.69) is 41.5 Å². The minimum atomic E-state index is -0.350. The summed E-state index contributed by atoms with van der Waals surface area (Å²) in [5.41, 5.74) is 3.23. The summed E-state index contributed by atoms with van der Waals surface area (Å²) in [6, 6.07) is 8.42. The minimum absolute atomic E-state index is 0.152. The number of hydrogen-bond donors (Lipinski definition) is 1. The van der Waals surface area contributed by atoms with Gasteiger partial charge in [0.25, 0.3) is 0 Å². The molecule has 1 aliphatic heterocycles. The van der Waals surface area contributed by atoms with Crippen LogP contribution in [0.1, 0.15) is 31.7 Å². The van der Waals surface area contributed by atoms with E-state index in [1.165, 1.54) is 34.6 Å². The summed E-state index contributed by atoms with van der Waals surface area (Å²) in [5.74, 6) is -0.152. The Labute approximate surface area is 157 Å². The highest BCUT2D eigenvalue weighted by atomic mass is 32.1. The van der Waals surface area contributed by atoms with Crippen LogP contribution < -0.4 is 5.32 Å². The number of cyclic esters (lactones) is 1. The first kappa shape index (κ1) is 18.4. The number of rotatable bonds is 8. The summed E-state index contributed by atoms with van der Waals surface area (Å²) < 4.78 is 4.84. The van der Waals surface area contributed by atoms with Gasteiger partial charge < -0.3 is 15.0 Å². The van der Waals surface area contributed by atoms with Crippen LogP contribution in [0.2, 0.25) is 0 Å². The van der Waals surface area contributed by atoms with Crippen LogP contribution in [0.4, 0.5) is 9.93 Å². The largest absolute Gasteiger partial charge is 0.448 e. The van der Waals surface area contributed by atoms with Crippen molar-refractivity contribution < 1.29 is 14.3 Å². The van der Waals surface area contributed by atoms with Crippen molar-refractivity contribution in [3.8, 4) is 11.3 Å². The molecular weight excluding hydrogens is 350 g/mol. The molecular formula is C19H23N3O3S. The Hall–Kier alpha value is -2.41. The summed E-state index contributed by atoms with van der Waals surface area (Å²) in [6.07, 6.45) is 3.37. The Kier molecular flexibility index (Phi) is 6.22. The van der Waals surface area contributed by atoms with Gasteiger partial charge in [0.15, 0.2) is 5.13 Å². The molecule has 6 nitrogen and oxygen atoms in total. The van der Waals surface area contributed by atoms with Crippen molar-refractivity contribution in [1.82, 2.24) is 9.88 Å². The summed E-state index contributed by atoms with van der Waals surface area (Å²) in [5, 5.41) is 5.31. The molecule has 1 saturated heterocycles. The van der Waals surface area contributed by atoms with E-state index < -0.39 is 0 Å². The second kappa shape index (κ2) is 8.80.